The van der Waals surface area contributed by atoms with Crippen LogP contribution in [-0.2, 0) is 9.59 Å². The number of nitrogens with one attached hydrogen (secondary N) is 1. The number of carbonyl (C=O) groups is 2. The lowest BCUT2D eigenvalue weighted by atomic mass is 10.3. The number of halogens is 1. The van der Waals surface area contributed by atoms with Crippen LogP contribution in [0.25, 0.3) is 0 Å². The van der Waals surface area contributed by atoms with Crippen LogP contribution in [0.15, 0.2) is 53.0 Å². The van der Waals surface area contributed by atoms with Gasteiger partial charge in [-0.15, -0.1) is 11.8 Å². The number of benzene rings is 2. The Kier molecular flexibility index (Phi) is 9.16. The molecule has 0 aromatic heterocycles. The van der Waals surface area contributed by atoms with Crippen LogP contribution in [0.4, 0.5) is 5.69 Å². The molecule has 0 fully saturated rings. The van der Waals surface area contributed by atoms with Crippen LogP contribution in [0, 0.1) is 0 Å². The maximum atomic E-state index is 12.2. The number of methoxy groups -OCH3 is 1. The summed E-state index contributed by atoms with van der Waals surface area (Å²) in [5.41, 5.74) is 0.719. The molecule has 2 rings (SSSR count). The Morgan fingerprint density at radius 1 is 1.11 bits per heavy atom. The molecule has 150 valence electrons. The van der Waals surface area contributed by atoms with Gasteiger partial charge in [0.2, 0.25) is 11.8 Å². The molecule has 0 heterocycles. The van der Waals surface area contributed by atoms with E-state index >= 15 is 0 Å². The Morgan fingerprint density at radius 3 is 2.57 bits per heavy atom. The number of amides is 2. The van der Waals surface area contributed by atoms with Crippen molar-refractivity contribution in [3.05, 3.63) is 53.0 Å². The van der Waals surface area contributed by atoms with Gasteiger partial charge >= 0.3 is 0 Å². The van der Waals surface area contributed by atoms with E-state index in [2.05, 4.69) is 21.2 Å². The molecule has 1 N–H and O–H groups in total. The molecule has 0 saturated carbocycles. The second kappa shape index (κ2) is 11.6. The predicted octanol–water partition coefficient (Wildman–Crippen LogP) is 3.67. The molecule has 0 atom stereocenters. The van der Waals surface area contributed by atoms with Crippen molar-refractivity contribution in [2.45, 2.75) is 0 Å². The lowest BCUT2D eigenvalue weighted by Gasteiger charge is -2.18. The van der Waals surface area contributed by atoms with Gasteiger partial charge in [0.15, 0.2) is 11.5 Å². The minimum atomic E-state index is -0.141. The Bertz CT molecular complexity index is 803. The van der Waals surface area contributed by atoms with Gasteiger partial charge in [-0.2, -0.15) is 0 Å². The Morgan fingerprint density at radius 2 is 1.86 bits per heavy atom. The Hall–Kier alpha value is -2.19. The van der Waals surface area contributed by atoms with E-state index in [-0.39, 0.29) is 23.3 Å². The molecule has 28 heavy (non-hydrogen) atoms. The van der Waals surface area contributed by atoms with E-state index in [4.69, 9.17) is 9.47 Å². The molecule has 0 saturated heterocycles. The van der Waals surface area contributed by atoms with Crippen LogP contribution >= 0.6 is 27.7 Å². The molecule has 0 aliphatic heterocycles. The summed E-state index contributed by atoms with van der Waals surface area (Å²) in [7, 11) is 3.30. The standard InChI is InChI=1S/C20H23BrN2O4S/c1-23(10-11-27-18-9-4-3-8-17(18)26-2)20(25)14-28-13-19(24)22-16-7-5-6-15(21)12-16/h3-9,12H,10-11,13-14H2,1-2H3,(H,22,24). The fourth-order valence-corrected chi connectivity index (χ4v) is 3.41. The summed E-state index contributed by atoms with van der Waals surface area (Å²) in [6, 6.07) is 14.7. The van der Waals surface area contributed by atoms with Crippen molar-refractivity contribution in [1.29, 1.82) is 0 Å². The van der Waals surface area contributed by atoms with Crippen molar-refractivity contribution in [2.75, 3.05) is 44.1 Å². The van der Waals surface area contributed by atoms with Crippen molar-refractivity contribution in [2.24, 2.45) is 0 Å². The van der Waals surface area contributed by atoms with E-state index in [0.717, 1.165) is 10.2 Å². The maximum absolute atomic E-state index is 12.2. The summed E-state index contributed by atoms with van der Waals surface area (Å²) in [6.45, 7) is 0.804. The molecular weight excluding hydrogens is 444 g/mol. The van der Waals surface area contributed by atoms with Crippen LogP contribution in [0.1, 0.15) is 0 Å². The summed E-state index contributed by atoms with van der Waals surface area (Å²) in [4.78, 5) is 25.7. The molecule has 2 amide bonds. The molecule has 0 unspecified atom stereocenters. The van der Waals surface area contributed by atoms with Gasteiger partial charge in [0.1, 0.15) is 6.61 Å². The monoisotopic (exact) mass is 466 g/mol. The molecule has 0 aliphatic rings. The number of carbonyl (C=O) groups excluding carboxylic acids is 2. The molecule has 0 bridgehead atoms. The molecule has 2 aromatic carbocycles. The second-order valence-corrected chi connectivity index (χ2v) is 7.77. The van der Waals surface area contributed by atoms with E-state index in [0.29, 0.717) is 24.7 Å². The number of ether oxygens (including phenoxy) is 2. The van der Waals surface area contributed by atoms with Crippen molar-refractivity contribution in [3.8, 4) is 11.5 Å². The first kappa shape index (κ1) is 22.1. The summed E-state index contributed by atoms with van der Waals surface area (Å²) in [5.74, 6) is 1.55. The number of nitrogens with zero attached hydrogens (tertiary/aromatic N) is 1. The number of likely N-dealkylation sites (N-methyl/N-ethyl adjacent to an activating group) is 1. The third-order valence-corrected chi connectivity index (χ3v) is 5.16. The normalized spacial score (nSPS) is 10.2. The average Bonchev–Trinajstić information content (AvgIpc) is 2.68. The number of thioether (sulfide) groups is 1. The quantitative estimate of drug-likeness (QED) is 0.578. The van der Waals surface area contributed by atoms with Gasteiger partial charge < -0.3 is 19.7 Å². The molecule has 2 aromatic rings. The largest absolute Gasteiger partial charge is 0.493 e. The highest BCUT2D eigenvalue weighted by molar-refractivity contribution is 9.10. The molecule has 6 nitrogen and oxygen atoms in total. The fraction of sp³-hybridized carbons (Fsp3) is 0.300. The van der Waals surface area contributed by atoms with Gasteiger partial charge in [-0.05, 0) is 30.3 Å². The first-order valence-electron chi connectivity index (χ1n) is 8.62. The predicted molar refractivity (Wildman–Crippen MR) is 116 cm³/mol. The van der Waals surface area contributed by atoms with Crippen LogP contribution in [-0.4, -0.2) is 55.5 Å². The zero-order chi connectivity index (χ0) is 20.4. The van der Waals surface area contributed by atoms with Crippen LogP contribution in [0.3, 0.4) is 0 Å². The minimum Gasteiger partial charge on any atom is -0.493 e. The lowest BCUT2D eigenvalue weighted by molar-refractivity contribution is -0.127. The third kappa shape index (κ3) is 7.44. The highest BCUT2D eigenvalue weighted by Gasteiger charge is 2.11. The number of rotatable bonds is 10. The summed E-state index contributed by atoms with van der Waals surface area (Å²) >= 11 is 4.64. The van der Waals surface area contributed by atoms with Crippen molar-refractivity contribution >= 4 is 45.2 Å². The highest BCUT2D eigenvalue weighted by Crippen LogP contribution is 2.25. The number of anilines is 1. The second-order valence-electron chi connectivity index (χ2n) is 5.87. The summed E-state index contributed by atoms with van der Waals surface area (Å²) in [5, 5.41) is 2.80. The van der Waals surface area contributed by atoms with E-state index in [1.165, 1.54) is 11.8 Å². The van der Waals surface area contributed by atoms with Crippen molar-refractivity contribution < 1.29 is 19.1 Å². The van der Waals surface area contributed by atoms with Gasteiger partial charge in [0.05, 0.1) is 25.2 Å². The highest BCUT2D eigenvalue weighted by atomic mass is 79.9. The average molecular weight is 467 g/mol. The van der Waals surface area contributed by atoms with Gasteiger partial charge in [-0.3, -0.25) is 9.59 Å². The molecule has 0 radical (unpaired) electrons. The zero-order valence-corrected chi connectivity index (χ0v) is 18.2. The van der Waals surface area contributed by atoms with E-state index in [1.807, 2.05) is 48.5 Å². The van der Waals surface area contributed by atoms with E-state index in [9.17, 15) is 9.59 Å². The number of hydrogen-bond donors (Lipinski definition) is 1. The van der Waals surface area contributed by atoms with Gasteiger partial charge in [0, 0.05) is 17.2 Å². The number of para-hydroxylation sites is 2. The van der Waals surface area contributed by atoms with E-state index in [1.54, 1.807) is 19.1 Å². The van der Waals surface area contributed by atoms with Gasteiger partial charge in [0.25, 0.3) is 0 Å². The first-order valence-corrected chi connectivity index (χ1v) is 10.6. The fourth-order valence-electron chi connectivity index (χ4n) is 2.26. The van der Waals surface area contributed by atoms with Crippen molar-refractivity contribution in [3.63, 3.8) is 0 Å². The summed E-state index contributed by atoms with van der Waals surface area (Å²) in [6.07, 6.45) is 0. The van der Waals surface area contributed by atoms with Crippen LogP contribution in [0.5, 0.6) is 11.5 Å². The smallest absolute Gasteiger partial charge is 0.234 e. The van der Waals surface area contributed by atoms with Gasteiger partial charge in [-0.25, -0.2) is 0 Å². The molecule has 0 aliphatic carbocycles. The SMILES string of the molecule is COc1ccccc1OCCN(C)C(=O)CSCC(=O)Nc1cccc(Br)c1. The third-order valence-electron chi connectivity index (χ3n) is 3.75. The Balaban J connectivity index is 1.66. The maximum Gasteiger partial charge on any atom is 0.234 e. The van der Waals surface area contributed by atoms with E-state index < -0.39 is 0 Å². The first-order chi connectivity index (χ1) is 13.5. The minimum absolute atomic E-state index is 0.0520. The molecular formula is C20H23BrN2O4S. The number of hydrogen-bond acceptors (Lipinski definition) is 5. The molecule has 8 heteroatoms. The van der Waals surface area contributed by atoms with Crippen molar-refractivity contribution in [1.82, 2.24) is 4.90 Å². The van der Waals surface area contributed by atoms with Gasteiger partial charge in [-0.1, -0.05) is 34.1 Å². The summed E-state index contributed by atoms with van der Waals surface area (Å²) < 4.78 is 11.8. The molecule has 0 spiro atoms. The lowest BCUT2D eigenvalue weighted by Crippen LogP contribution is -2.32. The van der Waals surface area contributed by atoms with Crippen LogP contribution < -0.4 is 14.8 Å². The zero-order valence-electron chi connectivity index (χ0n) is 15.8. The van der Waals surface area contributed by atoms with Crippen LogP contribution in [0.2, 0.25) is 0 Å². The topological polar surface area (TPSA) is 67.9 Å². The Labute approximate surface area is 177 Å².